The zero-order valence-electron chi connectivity index (χ0n) is 14.7. The second-order valence-electron chi connectivity index (χ2n) is 6.72. The van der Waals surface area contributed by atoms with Gasteiger partial charge in [0.2, 0.25) is 0 Å². The lowest BCUT2D eigenvalue weighted by molar-refractivity contribution is 0.0812. The molecule has 0 radical (unpaired) electrons. The largest absolute Gasteiger partial charge is 0.298 e. The van der Waals surface area contributed by atoms with E-state index in [0.29, 0.717) is 0 Å². The zero-order valence-corrected chi connectivity index (χ0v) is 15.5. The zero-order chi connectivity index (χ0) is 17.9. The van der Waals surface area contributed by atoms with Crippen LogP contribution in [0.1, 0.15) is 28.8 Å². The molecule has 1 aromatic heterocycles. The highest BCUT2D eigenvalue weighted by Crippen LogP contribution is 2.25. The Hall–Kier alpha value is -2.18. The van der Waals surface area contributed by atoms with Gasteiger partial charge in [-0.25, -0.2) is 4.63 Å². The third-order valence-corrected chi connectivity index (χ3v) is 5.76. The van der Waals surface area contributed by atoms with E-state index in [4.69, 9.17) is 4.63 Å². The number of thioether (sulfide) groups is 1. The molecule has 26 heavy (non-hydrogen) atoms. The number of aromatic nitrogens is 2. The molecule has 0 bridgehead atoms. The van der Waals surface area contributed by atoms with Gasteiger partial charge in [0.05, 0.1) is 0 Å². The summed E-state index contributed by atoms with van der Waals surface area (Å²) >= 11 is 1.69. The van der Waals surface area contributed by atoms with Crippen LogP contribution in [0.4, 0.5) is 0 Å². The first kappa shape index (κ1) is 17.2. The molecule has 2 heterocycles. The van der Waals surface area contributed by atoms with E-state index in [1.807, 2.05) is 42.7 Å². The lowest BCUT2D eigenvalue weighted by Gasteiger charge is -2.32. The van der Waals surface area contributed by atoms with Crippen LogP contribution in [0.25, 0.3) is 11.0 Å². The fraction of sp³-hybridized carbons (Fsp3) is 0.350. The number of rotatable bonds is 5. The van der Waals surface area contributed by atoms with Gasteiger partial charge in [-0.15, -0.1) is 11.8 Å². The molecule has 0 amide bonds. The summed E-state index contributed by atoms with van der Waals surface area (Å²) in [5, 5.41) is 7.93. The van der Waals surface area contributed by atoms with Crippen molar-refractivity contribution in [2.24, 2.45) is 5.92 Å². The molecule has 0 unspecified atom stereocenters. The number of hydrogen-bond donors (Lipinski definition) is 0. The molecule has 0 N–H and O–H groups in total. The summed E-state index contributed by atoms with van der Waals surface area (Å²) < 4.78 is 4.86. The predicted octanol–water partition coefficient (Wildman–Crippen LogP) is 4.04. The van der Waals surface area contributed by atoms with Gasteiger partial charge in [-0.3, -0.25) is 9.69 Å². The van der Waals surface area contributed by atoms with Crippen molar-refractivity contribution >= 4 is 28.6 Å². The number of likely N-dealkylation sites (tertiary alicyclic amines) is 1. The average Bonchev–Trinajstić information content (AvgIpc) is 3.18. The molecule has 2 aromatic carbocycles. The first-order valence-corrected chi connectivity index (χ1v) is 10.1. The van der Waals surface area contributed by atoms with Gasteiger partial charge in [-0.05, 0) is 59.7 Å². The monoisotopic (exact) mass is 367 g/mol. The molecule has 3 aromatic rings. The molecule has 4 rings (SSSR count). The second-order valence-corrected chi connectivity index (χ2v) is 7.60. The molecule has 134 valence electrons. The first-order chi connectivity index (χ1) is 12.7. The Bertz CT molecular complexity index is 907. The maximum Gasteiger partial charge on any atom is 0.167 e. The van der Waals surface area contributed by atoms with Gasteiger partial charge in [0.15, 0.2) is 5.78 Å². The van der Waals surface area contributed by atoms with Gasteiger partial charge < -0.3 is 0 Å². The topological polar surface area (TPSA) is 59.2 Å². The Morgan fingerprint density at radius 3 is 2.88 bits per heavy atom. The van der Waals surface area contributed by atoms with Crippen LogP contribution in [0.5, 0.6) is 0 Å². The molecule has 1 atom stereocenters. The molecule has 6 heteroatoms. The van der Waals surface area contributed by atoms with Gasteiger partial charge in [-0.2, -0.15) is 0 Å². The van der Waals surface area contributed by atoms with Crippen LogP contribution >= 0.6 is 11.8 Å². The predicted molar refractivity (Wildman–Crippen MR) is 102 cm³/mol. The van der Waals surface area contributed by atoms with Crippen molar-refractivity contribution in [3.63, 3.8) is 0 Å². The number of nitrogens with zero attached hydrogens (tertiary/aromatic N) is 3. The molecule has 1 aliphatic rings. The standard InChI is InChI=1S/C20H21N3O2S/c1-26-17-9-7-14(8-10-17)20(24)16-5-3-11-23(13-16)12-15-4-2-6-18-19(15)22-25-21-18/h2,4,6-10,16H,3,5,11-13H2,1H3/t16-/m0/s1. The number of carbonyl (C=O) groups excluding carboxylic acids is 1. The van der Waals surface area contributed by atoms with Crippen LogP contribution in [0, 0.1) is 5.92 Å². The van der Waals surface area contributed by atoms with E-state index in [1.165, 1.54) is 4.90 Å². The van der Waals surface area contributed by atoms with Crippen LogP contribution in [-0.4, -0.2) is 40.3 Å². The molecule has 1 saturated heterocycles. The normalized spacial score (nSPS) is 18.3. The van der Waals surface area contributed by atoms with E-state index < -0.39 is 0 Å². The lowest BCUT2D eigenvalue weighted by atomic mass is 9.90. The smallest absolute Gasteiger partial charge is 0.167 e. The Labute approximate surface area is 156 Å². The molecule has 0 saturated carbocycles. The van der Waals surface area contributed by atoms with Crippen molar-refractivity contribution in [1.29, 1.82) is 0 Å². The number of carbonyl (C=O) groups is 1. The Morgan fingerprint density at radius 1 is 1.23 bits per heavy atom. The number of piperidine rings is 1. The van der Waals surface area contributed by atoms with Crippen molar-refractivity contribution in [1.82, 2.24) is 15.2 Å². The summed E-state index contributed by atoms with van der Waals surface area (Å²) in [7, 11) is 0. The number of fused-ring (bicyclic) bond motifs is 1. The van der Waals surface area contributed by atoms with Crippen molar-refractivity contribution in [3.8, 4) is 0 Å². The Kier molecular flexibility index (Phi) is 5.04. The molecule has 5 nitrogen and oxygen atoms in total. The van der Waals surface area contributed by atoms with E-state index in [2.05, 4.69) is 21.3 Å². The Morgan fingerprint density at radius 2 is 2.08 bits per heavy atom. The summed E-state index contributed by atoms with van der Waals surface area (Å²) in [5.74, 6) is 0.308. The fourth-order valence-corrected chi connectivity index (χ4v) is 4.04. The third-order valence-electron chi connectivity index (χ3n) is 5.01. The quantitative estimate of drug-likeness (QED) is 0.501. The van der Waals surface area contributed by atoms with E-state index >= 15 is 0 Å². The number of benzene rings is 2. The Balaban J connectivity index is 1.46. The van der Waals surface area contributed by atoms with Crippen molar-refractivity contribution in [2.75, 3.05) is 19.3 Å². The van der Waals surface area contributed by atoms with E-state index in [1.54, 1.807) is 11.8 Å². The van der Waals surface area contributed by atoms with Gasteiger partial charge in [0.25, 0.3) is 0 Å². The SMILES string of the molecule is CSc1ccc(C(=O)[C@H]2CCCN(Cc3cccc4nonc34)C2)cc1. The molecule has 1 fully saturated rings. The van der Waals surface area contributed by atoms with Gasteiger partial charge in [-0.1, -0.05) is 24.3 Å². The summed E-state index contributed by atoms with van der Waals surface area (Å²) in [6, 6.07) is 13.9. The van der Waals surface area contributed by atoms with E-state index in [-0.39, 0.29) is 11.7 Å². The lowest BCUT2D eigenvalue weighted by Crippen LogP contribution is -2.38. The maximum absolute atomic E-state index is 12.9. The first-order valence-electron chi connectivity index (χ1n) is 8.85. The van der Waals surface area contributed by atoms with Crippen LogP contribution in [0.15, 0.2) is 52.0 Å². The molecular formula is C20H21N3O2S. The van der Waals surface area contributed by atoms with Crippen molar-refractivity contribution < 1.29 is 9.42 Å². The number of Topliss-reactive ketones (excluding diaryl/α,β-unsaturated/α-hetero) is 1. The van der Waals surface area contributed by atoms with Crippen LogP contribution in [0.3, 0.4) is 0 Å². The van der Waals surface area contributed by atoms with Crippen molar-refractivity contribution in [3.05, 3.63) is 53.6 Å². The summed E-state index contributed by atoms with van der Waals surface area (Å²) in [6.07, 6.45) is 4.03. The third kappa shape index (κ3) is 3.52. The second kappa shape index (κ2) is 7.60. The molecule has 1 aliphatic heterocycles. The van der Waals surface area contributed by atoms with Crippen LogP contribution < -0.4 is 0 Å². The average molecular weight is 367 g/mol. The minimum atomic E-state index is 0.0542. The minimum absolute atomic E-state index is 0.0542. The maximum atomic E-state index is 12.9. The summed E-state index contributed by atoms with van der Waals surface area (Å²) in [4.78, 5) is 16.4. The van der Waals surface area contributed by atoms with E-state index in [9.17, 15) is 4.79 Å². The number of ketones is 1. The van der Waals surface area contributed by atoms with Gasteiger partial charge in [0, 0.05) is 29.5 Å². The molecule has 0 aliphatic carbocycles. The number of hydrogen-bond acceptors (Lipinski definition) is 6. The summed E-state index contributed by atoms with van der Waals surface area (Å²) in [6.45, 7) is 2.54. The highest BCUT2D eigenvalue weighted by Gasteiger charge is 2.27. The van der Waals surface area contributed by atoms with Crippen LogP contribution in [0.2, 0.25) is 0 Å². The van der Waals surface area contributed by atoms with Crippen molar-refractivity contribution in [2.45, 2.75) is 24.3 Å². The summed E-state index contributed by atoms with van der Waals surface area (Å²) in [5.41, 5.74) is 3.51. The highest BCUT2D eigenvalue weighted by molar-refractivity contribution is 7.98. The van der Waals surface area contributed by atoms with Gasteiger partial charge >= 0.3 is 0 Å². The van der Waals surface area contributed by atoms with Gasteiger partial charge in [0.1, 0.15) is 11.0 Å². The van der Waals surface area contributed by atoms with E-state index in [0.717, 1.165) is 54.6 Å². The molecule has 0 spiro atoms. The van der Waals surface area contributed by atoms with Crippen LogP contribution in [-0.2, 0) is 6.54 Å². The fourth-order valence-electron chi connectivity index (χ4n) is 3.63. The molecular weight excluding hydrogens is 346 g/mol. The highest BCUT2D eigenvalue weighted by atomic mass is 32.2. The minimum Gasteiger partial charge on any atom is -0.298 e.